The Bertz CT molecular complexity index is 1450. The van der Waals surface area contributed by atoms with Gasteiger partial charge in [0.05, 0.1) is 0 Å². The third-order valence-corrected chi connectivity index (χ3v) is 5.68. The molecule has 0 saturated heterocycles. The second-order valence-electron chi connectivity index (χ2n) is 7.42. The zero-order valence-corrected chi connectivity index (χ0v) is 16.5. The van der Waals surface area contributed by atoms with Crippen molar-refractivity contribution in [1.82, 2.24) is 4.98 Å². The normalized spacial score (nSPS) is 12.1. The molecular weight excluding hydrogens is 380 g/mol. The van der Waals surface area contributed by atoms with E-state index >= 15 is 0 Å². The fourth-order valence-corrected chi connectivity index (χ4v) is 4.35. The number of carbonyl (C=O) groups excluding carboxylic acids is 1. The Morgan fingerprint density at radius 3 is 2.52 bits per heavy atom. The fraction of sp³-hybridized carbons (Fsp3) is 0.0400. The van der Waals surface area contributed by atoms with Gasteiger partial charge in [-0.25, -0.2) is 0 Å². The van der Waals surface area contributed by atoms with Gasteiger partial charge in [0, 0.05) is 28.4 Å². The molecule has 4 heteroatoms. The van der Waals surface area contributed by atoms with E-state index < -0.39 is 0 Å². The average molecular weight is 397 g/mol. The van der Waals surface area contributed by atoms with Crippen LogP contribution in [0.5, 0.6) is 0 Å². The number of carbonyl (C=O) groups is 1. The number of rotatable bonds is 1. The number of hydrogen-bond donors (Lipinski definition) is 1. The first-order valence-corrected chi connectivity index (χ1v) is 9.42. The van der Waals surface area contributed by atoms with Gasteiger partial charge in [0.15, 0.2) is 6.20 Å². The van der Waals surface area contributed by atoms with E-state index in [0.29, 0.717) is 5.69 Å². The largest absolute Gasteiger partial charge is 1.00 e. The molecule has 3 aromatic carbocycles. The first-order valence-electron chi connectivity index (χ1n) is 9.42. The van der Waals surface area contributed by atoms with E-state index in [1.165, 1.54) is 16.7 Å². The molecule has 6 rings (SSSR count). The number of H-pyrrole nitrogens is 1. The van der Waals surface area contributed by atoms with Gasteiger partial charge < -0.3 is 17.4 Å². The molecule has 29 heavy (non-hydrogen) atoms. The number of aryl methyl sites for hydroxylation is 1. The molecule has 0 aliphatic carbocycles. The Kier molecular flexibility index (Phi) is 3.83. The molecule has 1 aliphatic rings. The second kappa shape index (κ2) is 6.29. The van der Waals surface area contributed by atoms with Crippen molar-refractivity contribution in [3.63, 3.8) is 0 Å². The number of para-hydroxylation sites is 1. The highest BCUT2D eigenvalue weighted by Gasteiger charge is 2.37. The van der Waals surface area contributed by atoms with Crippen LogP contribution in [0.4, 0.5) is 0 Å². The van der Waals surface area contributed by atoms with Crippen LogP contribution in [0.25, 0.3) is 38.6 Å². The molecule has 0 radical (unpaired) electrons. The van der Waals surface area contributed by atoms with Gasteiger partial charge in [-0.15, -0.1) is 0 Å². The molecule has 0 atom stereocenters. The lowest BCUT2D eigenvalue weighted by Crippen LogP contribution is -3.00. The molecule has 1 N–H and O–H groups in total. The van der Waals surface area contributed by atoms with E-state index in [4.69, 9.17) is 0 Å². The summed E-state index contributed by atoms with van der Waals surface area (Å²) < 4.78 is 2.00. The minimum atomic E-state index is 0. The van der Waals surface area contributed by atoms with Crippen LogP contribution < -0.4 is 17.0 Å². The van der Waals surface area contributed by atoms with E-state index in [0.717, 1.165) is 33.1 Å². The molecule has 140 valence electrons. The van der Waals surface area contributed by atoms with Crippen LogP contribution in [0.3, 0.4) is 0 Å². The zero-order chi connectivity index (χ0) is 18.8. The summed E-state index contributed by atoms with van der Waals surface area (Å²) in [5.41, 5.74) is 8.00. The van der Waals surface area contributed by atoms with Crippen LogP contribution in [0.2, 0.25) is 0 Å². The highest BCUT2D eigenvalue weighted by atomic mass is 35.5. The fourth-order valence-electron chi connectivity index (χ4n) is 4.35. The Morgan fingerprint density at radius 2 is 1.66 bits per heavy atom. The minimum Gasteiger partial charge on any atom is -1.00 e. The summed E-state index contributed by atoms with van der Waals surface area (Å²) in [5.74, 6) is 0.0756. The number of halogens is 1. The van der Waals surface area contributed by atoms with Gasteiger partial charge >= 0.3 is 0 Å². The Morgan fingerprint density at radius 1 is 0.828 bits per heavy atom. The maximum Gasteiger partial charge on any atom is 0.284 e. The van der Waals surface area contributed by atoms with Crippen molar-refractivity contribution in [2.45, 2.75) is 6.92 Å². The Balaban J connectivity index is 0.00000181. The molecule has 0 fully saturated rings. The standard InChI is InChI=1S/C25H16N2O.ClH/c1-15-5-4-6-16(13-15)17-9-10-21-20(14-17)18-11-12-27-22-8-3-2-7-19(22)25(28)24(27)23(18)26-21;/h2-14H,1H3;1H. The van der Waals surface area contributed by atoms with Crippen molar-refractivity contribution in [3.05, 3.63) is 95.8 Å². The summed E-state index contributed by atoms with van der Waals surface area (Å²) in [7, 11) is 0. The molecule has 3 nitrogen and oxygen atoms in total. The van der Waals surface area contributed by atoms with Gasteiger partial charge in [-0.2, -0.15) is 4.57 Å². The van der Waals surface area contributed by atoms with Gasteiger partial charge in [-0.05, 0) is 36.2 Å². The predicted molar refractivity (Wildman–Crippen MR) is 111 cm³/mol. The highest BCUT2D eigenvalue weighted by Crippen LogP contribution is 2.33. The summed E-state index contributed by atoms with van der Waals surface area (Å²) in [6.07, 6.45) is 2.01. The molecule has 0 amide bonds. The predicted octanol–water partition coefficient (Wildman–Crippen LogP) is 2.12. The van der Waals surface area contributed by atoms with E-state index in [1.54, 1.807) is 0 Å². The van der Waals surface area contributed by atoms with Crippen molar-refractivity contribution < 1.29 is 21.8 Å². The number of pyridine rings is 1. The topological polar surface area (TPSA) is 36.7 Å². The van der Waals surface area contributed by atoms with Crippen molar-refractivity contribution in [3.8, 4) is 16.8 Å². The van der Waals surface area contributed by atoms with Crippen LogP contribution >= 0.6 is 0 Å². The summed E-state index contributed by atoms with van der Waals surface area (Å²) in [4.78, 5) is 16.6. The van der Waals surface area contributed by atoms with Gasteiger partial charge in [-0.3, -0.25) is 4.79 Å². The van der Waals surface area contributed by atoms with E-state index in [-0.39, 0.29) is 18.2 Å². The van der Waals surface area contributed by atoms with Crippen LogP contribution in [-0.2, 0) is 0 Å². The number of nitrogens with one attached hydrogen (secondary N) is 1. The number of nitrogens with zero attached hydrogens (tertiary/aromatic N) is 1. The van der Waals surface area contributed by atoms with Crippen molar-refractivity contribution >= 4 is 27.6 Å². The number of hydrogen-bond acceptors (Lipinski definition) is 1. The molecule has 0 bridgehead atoms. The molecule has 0 unspecified atom stereocenters. The van der Waals surface area contributed by atoms with E-state index in [2.05, 4.69) is 60.4 Å². The van der Waals surface area contributed by atoms with E-state index in [1.807, 2.05) is 35.0 Å². The zero-order valence-electron chi connectivity index (χ0n) is 15.7. The Hall–Kier alpha value is -3.43. The first kappa shape index (κ1) is 17.7. The van der Waals surface area contributed by atoms with Gasteiger partial charge in [0.2, 0.25) is 5.69 Å². The number of ketones is 1. The van der Waals surface area contributed by atoms with Crippen LogP contribution in [0.15, 0.2) is 79.0 Å². The second-order valence-corrected chi connectivity index (χ2v) is 7.42. The van der Waals surface area contributed by atoms with Crippen molar-refractivity contribution in [1.29, 1.82) is 0 Å². The molecule has 0 saturated carbocycles. The maximum atomic E-state index is 13.1. The smallest absolute Gasteiger partial charge is 0.284 e. The number of aromatic nitrogens is 2. The van der Waals surface area contributed by atoms with Crippen LogP contribution in [0.1, 0.15) is 21.6 Å². The molecule has 2 aromatic heterocycles. The van der Waals surface area contributed by atoms with Crippen molar-refractivity contribution in [2.75, 3.05) is 0 Å². The first-order chi connectivity index (χ1) is 13.7. The lowest BCUT2D eigenvalue weighted by molar-refractivity contribution is -0.592. The van der Waals surface area contributed by atoms with Gasteiger partial charge in [-0.1, -0.05) is 48.0 Å². The number of fused-ring (bicyclic) bond motifs is 7. The number of aromatic amines is 1. The maximum absolute atomic E-state index is 13.1. The van der Waals surface area contributed by atoms with Crippen LogP contribution in [-0.4, -0.2) is 10.8 Å². The number of benzene rings is 3. The van der Waals surface area contributed by atoms with Gasteiger partial charge in [0.1, 0.15) is 11.1 Å². The van der Waals surface area contributed by atoms with E-state index in [9.17, 15) is 4.79 Å². The average Bonchev–Trinajstić information content (AvgIpc) is 3.23. The molecule has 5 aromatic rings. The SMILES string of the molecule is Cc1cccc(-c2ccc3[nH]c4c5[n+](ccc4c3c2)-c2ccccc2C5=O)c1.[Cl-]. The molecule has 0 spiro atoms. The van der Waals surface area contributed by atoms with Crippen LogP contribution in [0, 0.1) is 6.92 Å². The third kappa shape index (κ3) is 2.44. The monoisotopic (exact) mass is 396 g/mol. The van der Waals surface area contributed by atoms with Gasteiger partial charge in [0.25, 0.3) is 11.5 Å². The molecule has 1 aliphatic heterocycles. The molecular formula is C25H17ClN2O. The highest BCUT2D eigenvalue weighted by molar-refractivity contribution is 6.20. The summed E-state index contributed by atoms with van der Waals surface area (Å²) in [5, 5.41) is 2.22. The summed E-state index contributed by atoms with van der Waals surface area (Å²) >= 11 is 0. The third-order valence-electron chi connectivity index (χ3n) is 5.68. The quantitative estimate of drug-likeness (QED) is 0.425. The summed E-state index contributed by atoms with van der Waals surface area (Å²) in [6.45, 7) is 2.11. The lowest BCUT2D eigenvalue weighted by atomic mass is 10.0. The lowest BCUT2D eigenvalue weighted by Gasteiger charge is -2.03. The minimum absolute atomic E-state index is 0. The Labute approximate surface area is 174 Å². The summed E-state index contributed by atoms with van der Waals surface area (Å²) in [6, 6.07) is 24.9. The molecule has 3 heterocycles. The van der Waals surface area contributed by atoms with Crippen molar-refractivity contribution in [2.24, 2.45) is 0 Å².